The second kappa shape index (κ2) is 8.97. The van der Waals surface area contributed by atoms with E-state index in [4.69, 9.17) is 0 Å². The fraction of sp³-hybridized carbons (Fsp3) is 0.259. The fourth-order valence-electron chi connectivity index (χ4n) is 4.51. The Balaban J connectivity index is 1.22. The third-order valence-electron chi connectivity index (χ3n) is 6.38. The number of nitrogens with zero attached hydrogens (tertiary/aromatic N) is 4. The Hall–Kier alpha value is -3.44. The van der Waals surface area contributed by atoms with Gasteiger partial charge in [0.2, 0.25) is 0 Å². The van der Waals surface area contributed by atoms with Gasteiger partial charge in [0.25, 0.3) is 0 Å². The van der Waals surface area contributed by atoms with Gasteiger partial charge in [0.05, 0.1) is 6.20 Å². The zero-order valence-corrected chi connectivity index (χ0v) is 18.5. The minimum atomic E-state index is 0.473. The van der Waals surface area contributed by atoms with Gasteiger partial charge in [-0.1, -0.05) is 49.0 Å². The highest BCUT2D eigenvalue weighted by Gasteiger charge is 2.21. The number of benzene rings is 2. The molecule has 0 bridgehead atoms. The molecule has 5 rings (SSSR count). The first-order valence-electron chi connectivity index (χ1n) is 11.2. The number of piperidine rings is 1. The van der Waals surface area contributed by atoms with Gasteiger partial charge in [-0.2, -0.15) is 5.10 Å². The zero-order valence-electron chi connectivity index (χ0n) is 18.5. The van der Waals surface area contributed by atoms with E-state index in [1.54, 1.807) is 0 Å². The van der Waals surface area contributed by atoms with Crippen LogP contribution in [0.4, 0.5) is 5.82 Å². The number of likely N-dealkylation sites (tertiary alicyclic amines) is 1. The van der Waals surface area contributed by atoms with Crippen molar-refractivity contribution in [3.63, 3.8) is 0 Å². The molecule has 1 fully saturated rings. The number of nitrogens with one attached hydrogen (secondary N) is 1. The Kier molecular flexibility index (Phi) is 5.73. The molecule has 2 aromatic carbocycles. The number of allylic oxidation sites excluding steroid dienone is 1. The van der Waals surface area contributed by atoms with E-state index in [1.165, 1.54) is 5.56 Å². The summed E-state index contributed by atoms with van der Waals surface area (Å²) in [5.41, 5.74) is 4.73. The van der Waals surface area contributed by atoms with Gasteiger partial charge in [-0.05, 0) is 54.6 Å². The lowest BCUT2D eigenvalue weighted by atomic mass is 9.93. The molecule has 1 saturated heterocycles. The van der Waals surface area contributed by atoms with Crippen molar-refractivity contribution in [2.45, 2.75) is 19.4 Å². The van der Waals surface area contributed by atoms with Gasteiger partial charge in [-0.3, -0.25) is 9.58 Å². The number of hydrogen-bond donors (Lipinski definition) is 1. The van der Waals surface area contributed by atoms with Crippen molar-refractivity contribution in [3.8, 4) is 11.1 Å². The van der Waals surface area contributed by atoms with Gasteiger partial charge >= 0.3 is 0 Å². The van der Waals surface area contributed by atoms with E-state index in [1.807, 2.05) is 30.3 Å². The maximum Gasteiger partial charge on any atom is 0.130 e. The summed E-state index contributed by atoms with van der Waals surface area (Å²) in [6, 6.07) is 19.3. The highest BCUT2D eigenvalue weighted by Crippen LogP contribution is 2.28. The molecule has 1 N–H and O–H groups in total. The molecule has 32 heavy (non-hydrogen) atoms. The first-order chi connectivity index (χ1) is 15.6. The molecule has 1 aliphatic rings. The number of fused-ring (bicyclic) bond motifs is 1. The summed E-state index contributed by atoms with van der Waals surface area (Å²) in [7, 11) is 1.94. The Morgan fingerprint density at radius 1 is 1.00 bits per heavy atom. The molecule has 0 aliphatic carbocycles. The van der Waals surface area contributed by atoms with Crippen LogP contribution in [0, 0.1) is 5.92 Å². The van der Waals surface area contributed by atoms with Crippen LogP contribution in [0.15, 0.2) is 85.5 Å². The smallest absolute Gasteiger partial charge is 0.130 e. The van der Waals surface area contributed by atoms with Crippen LogP contribution < -0.4 is 5.32 Å². The normalized spacial score (nSPS) is 15.2. The lowest BCUT2D eigenvalue weighted by Crippen LogP contribution is -2.34. The third kappa shape index (κ3) is 4.58. The zero-order chi connectivity index (χ0) is 21.9. The van der Waals surface area contributed by atoms with Crippen LogP contribution in [0.1, 0.15) is 18.4 Å². The standard InChI is InChI=1S/C27H29N5/c1-20(22-10-12-32(13-11-22)18-21-6-4-3-5-7-21)30-27-15-25-14-23(8-9-24(25)16-28-27)26-17-29-31(2)19-26/h3-9,14-17,19,22H,1,10-13,18H2,2H3,(H,28,30). The molecule has 5 nitrogen and oxygen atoms in total. The van der Waals surface area contributed by atoms with Crippen molar-refractivity contribution in [2.24, 2.45) is 13.0 Å². The summed E-state index contributed by atoms with van der Waals surface area (Å²) in [6.07, 6.45) is 8.11. The molecular weight excluding hydrogens is 394 g/mol. The molecule has 3 heterocycles. The molecule has 0 amide bonds. The first-order valence-corrected chi connectivity index (χ1v) is 11.2. The predicted octanol–water partition coefficient (Wildman–Crippen LogP) is 5.47. The van der Waals surface area contributed by atoms with Gasteiger partial charge in [-0.15, -0.1) is 0 Å². The molecule has 0 atom stereocenters. The second-order valence-electron chi connectivity index (χ2n) is 8.72. The number of aryl methyl sites for hydroxylation is 1. The number of pyridine rings is 1. The number of aromatic nitrogens is 3. The van der Waals surface area contributed by atoms with E-state index in [0.717, 1.165) is 65.9 Å². The molecule has 162 valence electrons. The highest BCUT2D eigenvalue weighted by atomic mass is 15.2. The molecule has 1 aliphatic heterocycles. The van der Waals surface area contributed by atoms with E-state index in [9.17, 15) is 0 Å². The summed E-state index contributed by atoms with van der Waals surface area (Å²) in [5, 5.41) is 10.1. The van der Waals surface area contributed by atoms with Gasteiger partial charge in [-0.25, -0.2) is 4.98 Å². The van der Waals surface area contributed by atoms with Crippen LogP contribution in [0.2, 0.25) is 0 Å². The second-order valence-corrected chi connectivity index (χ2v) is 8.72. The van der Waals surface area contributed by atoms with Crippen molar-refractivity contribution in [1.82, 2.24) is 19.7 Å². The predicted molar refractivity (Wildman–Crippen MR) is 131 cm³/mol. The lowest BCUT2D eigenvalue weighted by Gasteiger charge is -2.33. The molecule has 4 aromatic rings. The largest absolute Gasteiger partial charge is 0.344 e. The van der Waals surface area contributed by atoms with Crippen molar-refractivity contribution < 1.29 is 0 Å². The summed E-state index contributed by atoms with van der Waals surface area (Å²) in [5.74, 6) is 1.33. The molecule has 0 unspecified atom stereocenters. The van der Waals surface area contributed by atoms with Gasteiger partial charge < -0.3 is 5.32 Å². The maximum absolute atomic E-state index is 4.62. The van der Waals surface area contributed by atoms with Crippen LogP contribution >= 0.6 is 0 Å². The van der Waals surface area contributed by atoms with Gasteiger partial charge in [0.15, 0.2) is 0 Å². The van der Waals surface area contributed by atoms with E-state index in [-0.39, 0.29) is 0 Å². The SMILES string of the molecule is C=C(Nc1cc2cc(-c3cnn(C)c3)ccc2cn1)C1CCN(Cc2ccccc2)CC1. The number of anilines is 1. The average molecular weight is 424 g/mol. The Bertz CT molecular complexity index is 1220. The Morgan fingerprint density at radius 2 is 1.81 bits per heavy atom. The van der Waals surface area contributed by atoms with Gasteiger partial charge in [0.1, 0.15) is 5.82 Å². The lowest BCUT2D eigenvalue weighted by molar-refractivity contribution is 0.192. The molecule has 0 saturated carbocycles. The summed E-state index contributed by atoms with van der Waals surface area (Å²) >= 11 is 0. The van der Waals surface area contributed by atoms with E-state index < -0.39 is 0 Å². The van der Waals surface area contributed by atoms with Crippen LogP contribution in [0.3, 0.4) is 0 Å². The van der Waals surface area contributed by atoms with Crippen LogP contribution in [0.25, 0.3) is 21.9 Å². The summed E-state index contributed by atoms with van der Waals surface area (Å²) < 4.78 is 1.83. The average Bonchev–Trinajstić information content (AvgIpc) is 3.26. The molecular formula is C27H29N5. The summed E-state index contributed by atoms with van der Waals surface area (Å²) in [4.78, 5) is 7.16. The first kappa shape index (κ1) is 20.5. The third-order valence-corrected chi connectivity index (χ3v) is 6.38. The number of rotatable bonds is 6. The summed E-state index contributed by atoms with van der Waals surface area (Å²) in [6.45, 7) is 7.57. The quantitative estimate of drug-likeness (QED) is 0.446. The van der Waals surface area contributed by atoms with Crippen LogP contribution in [-0.4, -0.2) is 32.8 Å². The fourth-order valence-corrected chi connectivity index (χ4v) is 4.51. The van der Waals surface area contributed by atoms with E-state index in [2.05, 4.69) is 81.5 Å². The minimum absolute atomic E-state index is 0.473. The molecule has 0 radical (unpaired) electrons. The topological polar surface area (TPSA) is 46.0 Å². The highest BCUT2D eigenvalue weighted by molar-refractivity contribution is 5.88. The van der Waals surface area contributed by atoms with Gasteiger partial charge in [0, 0.05) is 48.6 Å². The van der Waals surface area contributed by atoms with Crippen molar-refractivity contribution in [2.75, 3.05) is 18.4 Å². The Labute approximate surface area is 189 Å². The minimum Gasteiger partial charge on any atom is -0.344 e. The molecule has 5 heteroatoms. The Morgan fingerprint density at radius 3 is 2.56 bits per heavy atom. The van der Waals surface area contributed by atoms with Crippen LogP contribution in [-0.2, 0) is 13.6 Å². The van der Waals surface area contributed by atoms with Crippen molar-refractivity contribution >= 4 is 16.6 Å². The molecule has 2 aromatic heterocycles. The van der Waals surface area contributed by atoms with Crippen molar-refractivity contribution in [3.05, 3.63) is 91.0 Å². The molecule has 0 spiro atoms. The monoisotopic (exact) mass is 423 g/mol. The van der Waals surface area contributed by atoms with E-state index >= 15 is 0 Å². The van der Waals surface area contributed by atoms with Crippen molar-refractivity contribution in [1.29, 1.82) is 0 Å². The van der Waals surface area contributed by atoms with E-state index in [0.29, 0.717) is 5.92 Å². The maximum atomic E-state index is 4.62. The van der Waals surface area contributed by atoms with Crippen LogP contribution in [0.5, 0.6) is 0 Å². The number of hydrogen-bond acceptors (Lipinski definition) is 4.